The Hall–Kier alpha value is -1.30. The molecule has 15 heavy (non-hydrogen) atoms. The largest absolute Gasteiger partial charge is 0.382 e. The van der Waals surface area contributed by atoms with E-state index in [1.165, 1.54) is 6.42 Å². The van der Waals surface area contributed by atoms with E-state index in [9.17, 15) is 0 Å². The molecule has 0 bridgehead atoms. The van der Waals surface area contributed by atoms with Crippen molar-refractivity contribution in [3.05, 3.63) is 17.0 Å². The highest BCUT2D eigenvalue weighted by molar-refractivity contribution is 9.10. The molecule has 0 spiro atoms. The van der Waals surface area contributed by atoms with Crippen LogP contribution in [0.1, 0.15) is 6.42 Å². The molecule has 2 N–H and O–H groups in total. The summed E-state index contributed by atoms with van der Waals surface area (Å²) >= 11 is 3.41. The number of fused-ring (bicyclic) bond motifs is 1. The minimum absolute atomic E-state index is 0.503. The maximum atomic E-state index is 5.81. The Morgan fingerprint density at radius 1 is 1.40 bits per heavy atom. The van der Waals surface area contributed by atoms with Crippen molar-refractivity contribution in [1.29, 1.82) is 0 Å². The van der Waals surface area contributed by atoms with Gasteiger partial charge >= 0.3 is 0 Å². The Labute approximate surface area is 95.0 Å². The first-order chi connectivity index (χ1) is 7.27. The molecule has 0 aromatic carbocycles. The summed E-state index contributed by atoms with van der Waals surface area (Å²) in [6.45, 7) is 2.13. The van der Waals surface area contributed by atoms with Gasteiger partial charge in [0, 0.05) is 25.5 Å². The van der Waals surface area contributed by atoms with Gasteiger partial charge in [-0.05, 0) is 22.4 Å². The number of aromatic nitrogens is 3. The van der Waals surface area contributed by atoms with Crippen molar-refractivity contribution in [3.63, 3.8) is 0 Å². The zero-order valence-electron chi connectivity index (χ0n) is 8.02. The van der Waals surface area contributed by atoms with Crippen LogP contribution in [0.3, 0.4) is 0 Å². The normalized spacial score (nSPS) is 15.7. The second-order valence-corrected chi connectivity index (χ2v) is 4.33. The van der Waals surface area contributed by atoms with E-state index in [1.807, 2.05) is 10.6 Å². The molecule has 3 rings (SSSR count). The number of rotatable bonds is 1. The van der Waals surface area contributed by atoms with Crippen LogP contribution >= 0.6 is 15.9 Å². The van der Waals surface area contributed by atoms with E-state index in [-0.39, 0.29) is 0 Å². The van der Waals surface area contributed by atoms with Crippen molar-refractivity contribution in [1.82, 2.24) is 14.4 Å². The van der Waals surface area contributed by atoms with Gasteiger partial charge in [-0.25, -0.2) is 9.97 Å². The first-order valence-corrected chi connectivity index (χ1v) is 5.59. The van der Waals surface area contributed by atoms with Crippen molar-refractivity contribution in [3.8, 4) is 0 Å². The van der Waals surface area contributed by atoms with Crippen molar-refractivity contribution in [2.24, 2.45) is 0 Å². The fourth-order valence-electron chi connectivity index (χ4n) is 1.75. The van der Waals surface area contributed by atoms with Gasteiger partial charge in [-0.2, -0.15) is 0 Å². The number of imidazole rings is 1. The highest BCUT2D eigenvalue weighted by Crippen LogP contribution is 2.28. The number of nitrogen functional groups attached to an aromatic ring is 1. The quantitative estimate of drug-likeness (QED) is 0.846. The Balaban J connectivity index is 2.27. The van der Waals surface area contributed by atoms with Gasteiger partial charge in [-0.1, -0.05) is 0 Å². The summed E-state index contributed by atoms with van der Waals surface area (Å²) in [6, 6.07) is 0. The van der Waals surface area contributed by atoms with E-state index < -0.39 is 0 Å². The summed E-state index contributed by atoms with van der Waals surface area (Å²) < 4.78 is 2.74. The molecule has 1 aliphatic heterocycles. The number of nitrogens with two attached hydrogens (primary N) is 1. The van der Waals surface area contributed by atoms with E-state index in [0.29, 0.717) is 5.82 Å². The van der Waals surface area contributed by atoms with Crippen LogP contribution in [0.5, 0.6) is 0 Å². The molecule has 6 heteroatoms. The second-order valence-electron chi connectivity index (χ2n) is 3.57. The molecule has 3 heterocycles. The molecule has 2 aromatic rings. The number of hydrogen-bond acceptors (Lipinski definition) is 4. The lowest BCUT2D eigenvalue weighted by atomic mass is 10.2. The Morgan fingerprint density at radius 3 is 2.87 bits per heavy atom. The van der Waals surface area contributed by atoms with Gasteiger partial charge in [-0.15, -0.1) is 0 Å². The average Bonchev–Trinajstić information content (AvgIpc) is 2.43. The molecule has 78 valence electrons. The third kappa shape index (κ3) is 1.21. The first-order valence-electron chi connectivity index (χ1n) is 4.80. The Morgan fingerprint density at radius 2 is 2.20 bits per heavy atom. The maximum Gasteiger partial charge on any atom is 0.211 e. The molecule has 0 saturated carbocycles. The molecule has 0 unspecified atom stereocenters. The number of anilines is 2. The fraction of sp³-hybridized carbons (Fsp3) is 0.333. The third-order valence-corrected chi connectivity index (χ3v) is 3.21. The molecule has 0 radical (unpaired) electrons. The van der Waals surface area contributed by atoms with Gasteiger partial charge in [0.1, 0.15) is 10.1 Å². The molecule has 5 nitrogen and oxygen atoms in total. The van der Waals surface area contributed by atoms with Crippen LogP contribution in [0.2, 0.25) is 0 Å². The molecule has 1 aliphatic rings. The number of halogens is 1. The molecule has 0 atom stereocenters. The molecular weight excluding hydrogens is 258 g/mol. The smallest absolute Gasteiger partial charge is 0.211 e. The topological polar surface area (TPSA) is 59.4 Å². The predicted molar refractivity (Wildman–Crippen MR) is 61.9 cm³/mol. The minimum Gasteiger partial charge on any atom is -0.382 e. The molecule has 1 fully saturated rings. The lowest BCUT2D eigenvalue weighted by Gasteiger charge is -2.31. The first kappa shape index (κ1) is 8.96. The Kier molecular flexibility index (Phi) is 1.85. The van der Waals surface area contributed by atoms with E-state index in [0.717, 1.165) is 29.2 Å². The zero-order chi connectivity index (χ0) is 10.4. The van der Waals surface area contributed by atoms with Crippen LogP contribution in [-0.2, 0) is 0 Å². The summed E-state index contributed by atoms with van der Waals surface area (Å²) in [7, 11) is 0. The van der Waals surface area contributed by atoms with Crippen LogP contribution in [-0.4, -0.2) is 27.5 Å². The van der Waals surface area contributed by atoms with Crippen LogP contribution in [0.15, 0.2) is 17.0 Å². The maximum absolute atomic E-state index is 5.81. The van der Waals surface area contributed by atoms with E-state index in [2.05, 4.69) is 30.8 Å². The predicted octanol–water partition coefficient (Wildman–Crippen LogP) is 1.28. The van der Waals surface area contributed by atoms with Gasteiger partial charge in [0.15, 0.2) is 5.82 Å². The highest BCUT2D eigenvalue weighted by atomic mass is 79.9. The van der Waals surface area contributed by atoms with Gasteiger partial charge in [-0.3, -0.25) is 4.40 Å². The van der Waals surface area contributed by atoms with Gasteiger partial charge in [0.05, 0.1) is 0 Å². The average molecular weight is 268 g/mol. The summed E-state index contributed by atoms with van der Waals surface area (Å²) in [6.07, 6.45) is 4.81. The van der Waals surface area contributed by atoms with Crippen molar-refractivity contribution in [2.75, 3.05) is 23.7 Å². The molecular formula is C9H10BrN5. The number of hydrogen-bond donors (Lipinski definition) is 1. The zero-order valence-corrected chi connectivity index (χ0v) is 9.61. The van der Waals surface area contributed by atoms with Gasteiger partial charge in [0.2, 0.25) is 5.95 Å². The lowest BCUT2D eigenvalue weighted by Crippen LogP contribution is -2.38. The van der Waals surface area contributed by atoms with Gasteiger partial charge in [0.25, 0.3) is 0 Å². The van der Waals surface area contributed by atoms with Crippen molar-refractivity contribution >= 4 is 33.2 Å². The van der Waals surface area contributed by atoms with E-state index in [1.54, 1.807) is 6.20 Å². The Bertz CT molecular complexity index is 516. The standard InChI is InChI=1S/C9H10BrN5/c10-7-6-8(11)12-2-5-15(6)9(13-7)14-3-1-4-14/h2,5H,1,3-4H2,(H2,11,12). The monoisotopic (exact) mass is 267 g/mol. The summed E-state index contributed by atoms with van der Waals surface area (Å²) in [5.41, 5.74) is 6.66. The van der Waals surface area contributed by atoms with Crippen LogP contribution in [0, 0.1) is 0 Å². The van der Waals surface area contributed by atoms with Crippen LogP contribution < -0.4 is 10.6 Å². The minimum atomic E-state index is 0.503. The van der Waals surface area contributed by atoms with Crippen LogP contribution in [0.25, 0.3) is 5.52 Å². The SMILES string of the molecule is Nc1nccn2c(N3CCC3)nc(Br)c12. The van der Waals surface area contributed by atoms with Gasteiger partial charge < -0.3 is 10.6 Å². The fourth-order valence-corrected chi connectivity index (χ4v) is 2.30. The summed E-state index contributed by atoms with van der Waals surface area (Å²) in [4.78, 5) is 10.7. The molecule has 1 saturated heterocycles. The molecule has 0 aliphatic carbocycles. The molecule has 2 aromatic heterocycles. The lowest BCUT2D eigenvalue weighted by molar-refractivity contribution is 0.599. The summed E-state index contributed by atoms with van der Waals surface area (Å²) in [5.74, 6) is 1.45. The highest BCUT2D eigenvalue weighted by Gasteiger charge is 2.21. The summed E-state index contributed by atoms with van der Waals surface area (Å²) in [5, 5.41) is 0. The second kappa shape index (κ2) is 3.10. The van der Waals surface area contributed by atoms with Crippen molar-refractivity contribution < 1.29 is 0 Å². The van der Waals surface area contributed by atoms with E-state index in [4.69, 9.17) is 5.73 Å². The van der Waals surface area contributed by atoms with Crippen LogP contribution in [0.4, 0.5) is 11.8 Å². The molecule has 0 amide bonds. The third-order valence-electron chi connectivity index (χ3n) is 2.66. The number of nitrogens with zero attached hydrogens (tertiary/aromatic N) is 4. The van der Waals surface area contributed by atoms with E-state index >= 15 is 0 Å². The van der Waals surface area contributed by atoms with Crippen molar-refractivity contribution in [2.45, 2.75) is 6.42 Å².